The van der Waals surface area contributed by atoms with Gasteiger partial charge in [-0.25, -0.2) is 0 Å². The highest BCUT2D eigenvalue weighted by Crippen LogP contribution is 2.33. The number of nitrogens with one attached hydrogen (secondary N) is 1. The molecule has 28 heavy (non-hydrogen) atoms. The zero-order valence-electron chi connectivity index (χ0n) is 15.8. The van der Waals surface area contributed by atoms with Crippen LogP contribution in [0.1, 0.15) is 56.2 Å². The topological polar surface area (TPSA) is 99.5 Å². The highest BCUT2D eigenvalue weighted by molar-refractivity contribution is 5.83. The molecule has 3 rings (SSSR count). The van der Waals surface area contributed by atoms with Crippen LogP contribution in [0.3, 0.4) is 0 Å². The van der Waals surface area contributed by atoms with Gasteiger partial charge in [-0.1, -0.05) is 24.3 Å². The minimum Gasteiger partial charge on any atom is -0.456 e. The van der Waals surface area contributed by atoms with E-state index in [4.69, 9.17) is 4.74 Å². The van der Waals surface area contributed by atoms with E-state index in [-0.39, 0.29) is 12.3 Å². The number of nitriles is 1. The summed E-state index contributed by atoms with van der Waals surface area (Å²) in [5.74, 6) is -1.24. The highest BCUT2D eigenvalue weighted by Gasteiger charge is 2.35. The van der Waals surface area contributed by atoms with Gasteiger partial charge in [0.15, 0.2) is 6.61 Å². The summed E-state index contributed by atoms with van der Waals surface area (Å²) in [6.45, 7) is 1.000. The predicted octanol–water partition coefficient (Wildman–Crippen LogP) is 2.45. The normalized spacial score (nSPS) is 19.4. The second-order valence-corrected chi connectivity index (χ2v) is 7.20. The first kappa shape index (κ1) is 19.6. The van der Waals surface area contributed by atoms with Crippen molar-refractivity contribution in [1.29, 1.82) is 5.26 Å². The molecular weight excluding hydrogens is 358 g/mol. The van der Waals surface area contributed by atoms with Crippen LogP contribution in [-0.2, 0) is 19.1 Å². The molecule has 0 bridgehead atoms. The van der Waals surface area contributed by atoms with Gasteiger partial charge < -0.3 is 15.0 Å². The van der Waals surface area contributed by atoms with E-state index >= 15 is 0 Å². The van der Waals surface area contributed by atoms with Crippen LogP contribution in [0.5, 0.6) is 0 Å². The zero-order chi connectivity index (χ0) is 20.1. The van der Waals surface area contributed by atoms with E-state index < -0.39 is 30.1 Å². The number of ether oxygens (including phenoxy) is 1. The zero-order valence-corrected chi connectivity index (χ0v) is 15.8. The number of hydrogen-bond donors (Lipinski definition) is 1. The molecule has 1 aromatic carbocycles. The van der Waals surface area contributed by atoms with Crippen molar-refractivity contribution in [3.05, 3.63) is 41.6 Å². The van der Waals surface area contributed by atoms with Crippen molar-refractivity contribution >= 4 is 23.9 Å². The van der Waals surface area contributed by atoms with Gasteiger partial charge in [-0.3, -0.25) is 14.4 Å². The maximum Gasteiger partial charge on any atom is 0.308 e. The Balaban J connectivity index is 1.60. The Hall–Kier alpha value is -3.14. The largest absolute Gasteiger partial charge is 0.456 e. The number of amides is 2. The third-order valence-corrected chi connectivity index (χ3v) is 5.24. The average molecular weight is 381 g/mol. The summed E-state index contributed by atoms with van der Waals surface area (Å²) >= 11 is 0. The van der Waals surface area contributed by atoms with E-state index in [0.717, 1.165) is 24.0 Å². The molecule has 1 atom stereocenters. The van der Waals surface area contributed by atoms with E-state index in [1.807, 2.05) is 30.3 Å². The molecule has 1 N–H and O–H groups in total. The summed E-state index contributed by atoms with van der Waals surface area (Å²) in [7, 11) is 0. The lowest BCUT2D eigenvalue weighted by Crippen LogP contribution is -2.46. The third kappa shape index (κ3) is 4.22. The molecule has 0 radical (unpaired) electrons. The van der Waals surface area contributed by atoms with E-state index in [1.165, 1.54) is 11.8 Å². The molecule has 1 aliphatic heterocycles. The molecule has 0 unspecified atom stereocenters. The Morgan fingerprint density at radius 2 is 2.00 bits per heavy atom. The second kappa shape index (κ2) is 8.26. The molecular formula is C21H23N3O4. The number of rotatable bonds is 5. The maximum absolute atomic E-state index is 12.4. The lowest BCUT2D eigenvalue weighted by atomic mass is 9.94. The number of fused-ring (bicyclic) bond motifs is 1. The van der Waals surface area contributed by atoms with Gasteiger partial charge in [0.05, 0.1) is 18.5 Å². The van der Waals surface area contributed by atoms with Crippen molar-refractivity contribution in [1.82, 2.24) is 10.2 Å². The van der Waals surface area contributed by atoms with Crippen LogP contribution in [0.15, 0.2) is 30.5 Å². The van der Waals surface area contributed by atoms with Gasteiger partial charge in [-0.05, 0) is 42.9 Å². The molecule has 1 saturated carbocycles. The summed E-state index contributed by atoms with van der Waals surface area (Å²) in [5, 5.41) is 12.0. The van der Waals surface area contributed by atoms with Crippen molar-refractivity contribution in [2.45, 2.75) is 50.6 Å². The number of esters is 1. The van der Waals surface area contributed by atoms with Gasteiger partial charge in [-0.15, -0.1) is 0 Å². The summed E-state index contributed by atoms with van der Waals surface area (Å²) in [5.41, 5.74) is 0.950. The van der Waals surface area contributed by atoms with Crippen LogP contribution in [0.4, 0.5) is 0 Å². The molecule has 1 aromatic rings. The number of benzene rings is 1. The lowest BCUT2D eigenvalue weighted by Gasteiger charge is -2.32. The molecule has 1 aliphatic carbocycles. The molecule has 1 fully saturated rings. The molecule has 2 amide bonds. The fourth-order valence-electron chi connectivity index (χ4n) is 3.82. The van der Waals surface area contributed by atoms with Crippen molar-refractivity contribution in [2.75, 3.05) is 6.61 Å². The second-order valence-electron chi connectivity index (χ2n) is 7.20. The number of hydrogen-bond acceptors (Lipinski definition) is 5. The van der Waals surface area contributed by atoms with E-state index in [9.17, 15) is 19.6 Å². The SMILES string of the molecule is CC(=O)N1C=Cc2ccccc2[C@H]1CC(=O)OCC(=O)NC1(C#N)CCCC1. The van der Waals surface area contributed by atoms with Crippen LogP contribution >= 0.6 is 0 Å². The summed E-state index contributed by atoms with van der Waals surface area (Å²) < 4.78 is 5.13. The van der Waals surface area contributed by atoms with E-state index in [0.29, 0.717) is 12.8 Å². The van der Waals surface area contributed by atoms with Crippen LogP contribution in [-0.4, -0.2) is 34.8 Å². The van der Waals surface area contributed by atoms with Gasteiger partial charge in [0, 0.05) is 13.1 Å². The third-order valence-electron chi connectivity index (χ3n) is 5.24. The van der Waals surface area contributed by atoms with Gasteiger partial charge >= 0.3 is 5.97 Å². The Morgan fingerprint density at radius 1 is 1.29 bits per heavy atom. The van der Waals surface area contributed by atoms with E-state index in [2.05, 4.69) is 11.4 Å². The van der Waals surface area contributed by atoms with Crippen molar-refractivity contribution in [3.63, 3.8) is 0 Å². The molecule has 0 aromatic heterocycles. The van der Waals surface area contributed by atoms with Crippen LogP contribution in [0.2, 0.25) is 0 Å². The number of carbonyl (C=O) groups is 3. The van der Waals surface area contributed by atoms with Gasteiger partial charge in [0.2, 0.25) is 5.91 Å². The first-order chi connectivity index (χ1) is 13.4. The van der Waals surface area contributed by atoms with E-state index in [1.54, 1.807) is 6.20 Å². The van der Waals surface area contributed by atoms with Gasteiger partial charge in [-0.2, -0.15) is 5.26 Å². The molecule has 0 saturated heterocycles. The minimum absolute atomic E-state index is 0.0579. The Kier molecular flexibility index (Phi) is 5.78. The quantitative estimate of drug-likeness (QED) is 0.790. The Labute approximate surface area is 164 Å². The smallest absolute Gasteiger partial charge is 0.308 e. The maximum atomic E-state index is 12.4. The summed E-state index contributed by atoms with van der Waals surface area (Å²) in [6, 6.07) is 9.22. The van der Waals surface area contributed by atoms with Crippen molar-refractivity contribution in [3.8, 4) is 6.07 Å². The fraction of sp³-hybridized carbons (Fsp3) is 0.429. The highest BCUT2D eigenvalue weighted by atomic mass is 16.5. The van der Waals surface area contributed by atoms with Crippen LogP contribution < -0.4 is 5.32 Å². The van der Waals surface area contributed by atoms with Gasteiger partial charge in [0.25, 0.3) is 5.91 Å². The Bertz CT molecular complexity index is 849. The first-order valence-electron chi connectivity index (χ1n) is 9.38. The average Bonchev–Trinajstić information content (AvgIpc) is 3.15. The van der Waals surface area contributed by atoms with Crippen LogP contribution in [0, 0.1) is 11.3 Å². The molecule has 1 heterocycles. The molecule has 2 aliphatic rings. The van der Waals surface area contributed by atoms with Crippen molar-refractivity contribution < 1.29 is 19.1 Å². The standard InChI is InChI=1S/C21H23N3O4/c1-15(25)24-11-8-16-6-2-3-7-17(16)18(24)12-20(27)28-13-19(26)23-21(14-22)9-4-5-10-21/h2-3,6-8,11,18H,4-5,9-10,12-13H2,1H3,(H,23,26)/t18-/m1/s1. The molecule has 7 nitrogen and oxygen atoms in total. The van der Waals surface area contributed by atoms with Crippen molar-refractivity contribution in [2.24, 2.45) is 0 Å². The minimum atomic E-state index is -0.845. The monoisotopic (exact) mass is 381 g/mol. The summed E-state index contributed by atoms with van der Waals surface area (Å²) in [6.07, 6.45) is 6.44. The number of carbonyl (C=O) groups excluding carboxylic acids is 3. The first-order valence-corrected chi connectivity index (χ1v) is 9.38. The fourth-order valence-corrected chi connectivity index (χ4v) is 3.82. The number of nitrogens with zero attached hydrogens (tertiary/aromatic N) is 2. The molecule has 7 heteroatoms. The lowest BCUT2D eigenvalue weighted by molar-refractivity contribution is -0.150. The molecule has 146 valence electrons. The predicted molar refractivity (Wildman–Crippen MR) is 101 cm³/mol. The molecule has 0 spiro atoms. The summed E-state index contributed by atoms with van der Waals surface area (Å²) in [4.78, 5) is 37.9. The van der Waals surface area contributed by atoms with Crippen LogP contribution in [0.25, 0.3) is 6.08 Å². The van der Waals surface area contributed by atoms with Gasteiger partial charge in [0.1, 0.15) is 5.54 Å². The Morgan fingerprint density at radius 3 is 2.68 bits per heavy atom.